The van der Waals surface area contributed by atoms with Crippen LogP contribution in [0.3, 0.4) is 0 Å². The maximum atomic E-state index is 11.9. The minimum absolute atomic E-state index is 0.105. The Morgan fingerprint density at radius 3 is 2.57 bits per heavy atom. The van der Waals surface area contributed by atoms with E-state index in [1.165, 1.54) is 0 Å². The van der Waals surface area contributed by atoms with E-state index in [1.54, 1.807) is 4.90 Å². The lowest BCUT2D eigenvalue weighted by Crippen LogP contribution is -2.35. The van der Waals surface area contributed by atoms with Crippen molar-refractivity contribution in [2.75, 3.05) is 26.3 Å². The van der Waals surface area contributed by atoms with E-state index in [0.717, 1.165) is 16.9 Å². The van der Waals surface area contributed by atoms with Crippen LogP contribution in [0.1, 0.15) is 25.8 Å². The third kappa shape index (κ3) is 7.00. The van der Waals surface area contributed by atoms with Gasteiger partial charge in [0, 0.05) is 13.1 Å². The first kappa shape index (κ1) is 18.7. The molecule has 1 rings (SSSR count). The van der Waals surface area contributed by atoms with Crippen molar-refractivity contribution in [3.05, 3.63) is 42.0 Å². The zero-order valence-electron chi connectivity index (χ0n) is 14.1. The fraction of sp³-hybridized carbons (Fsp3) is 0.444. The second-order valence-electron chi connectivity index (χ2n) is 5.39. The number of amides is 1. The second-order valence-corrected chi connectivity index (χ2v) is 5.39. The van der Waals surface area contributed by atoms with Crippen LogP contribution < -0.4 is 4.74 Å². The summed E-state index contributed by atoms with van der Waals surface area (Å²) in [5, 5.41) is 0. The van der Waals surface area contributed by atoms with Crippen LogP contribution in [0.5, 0.6) is 5.75 Å². The number of ether oxygens (including phenoxy) is 2. The highest BCUT2D eigenvalue weighted by Crippen LogP contribution is 2.16. The van der Waals surface area contributed by atoms with Gasteiger partial charge in [-0.05, 0) is 32.4 Å². The number of carbonyl (C=O) groups excluding carboxylic acids is 2. The Kier molecular flexibility index (Phi) is 7.88. The molecule has 23 heavy (non-hydrogen) atoms. The largest absolute Gasteiger partial charge is 0.493 e. The van der Waals surface area contributed by atoms with Crippen LogP contribution in [0, 0.1) is 6.92 Å². The summed E-state index contributed by atoms with van der Waals surface area (Å²) < 4.78 is 10.5. The van der Waals surface area contributed by atoms with E-state index >= 15 is 0 Å². The molecule has 0 spiro atoms. The van der Waals surface area contributed by atoms with Crippen molar-refractivity contribution in [1.29, 1.82) is 0 Å². The van der Waals surface area contributed by atoms with E-state index in [4.69, 9.17) is 9.47 Å². The highest BCUT2D eigenvalue weighted by Gasteiger charge is 2.14. The topological polar surface area (TPSA) is 55.8 Å². The average molecular weight is 319 g/mol. The van der Waals surface area contributed by atoms with E-state index in [0.29, 0.717) is 13.1 Å². The molecule has 5 heteroatoms. The molecule has 0 fully saturated rings. The molecule has 126 valence electrons. The van der Waals surface area contributed by atoms with Gasteiger partial charge in [0.15, 0.2) is 6.61 Å². The van der Waals surface area contributed by atoms with Crippen LogP contribution in [-0.4, -0.2) is 43.1 Å². The molecule has 0 aliphatic heterocycles. The smallest absolute Gasteiger partial charge is 0.309 e. The third-order valence-corrected chi connectivity index (χ3v) is 3.21. The lowest BCUT2D eigenvalue weighted by atomic mass is 10.2. The number of rotatable bonds is 9. The molecule has 1 aromatic carbocycles. The van der Waals surface area contributed by atoms with Crippen molar-refractivity contribution in [2.24, 2.45) is 0 Å². The molecule has 0 saturated heterocycles. The standard InChI is InChI=1S/C18H25NO4/c1-5-19(12-14(2)3)17(20)13-23-18(21)10-11-22-16-9-7-6-8-15(16)4/h6-9H,2,5,10-13H2,1,3-4H3. The van der Waals surface area contributed by atoms with Crippen molar-refractivity contribution < 1.29 is 19.1 Å². The minimum Gasteiger partial charge on any atom is -0.493 e. The summed E-state index contributed by atoms with van der Waals surface area (Å²) in [4.78, 5) is 25.2. The first-order valence-electron chi connectivity index (χ1n) is 7.70. The summed E-state index contributed by atoms with van der Waals surface area (Å²) in [6.45, 7) is 10.5. The van der Waals surface area contributed by atoms with Crippen molar-refractivity contribution in [2.45, 2.75) is 27.2 Å². The molecule has 0 heterocycles. The van der Waals surface area contributed by atoms with E-state index in [2.05, 4.69) is 6.58 Å². The van der Waals surface area contributed by atoms with Crippen LogP contribution >= 0.6 is 0 Å². The molecule has 0 N–H and O–H groups in total. The Labute approximate surface area is 137 Å². The minimum atomic E-state index is -0.446. The number of carbonyl (C=O) groups is 2. The number of nitrogens with zero attached hydrogens (tertiary/aromatic N) is 1. The number of aryl methyl sites for hydroxylation is 1. The van der Waals surface area contributed by atoms with E-state index in [9.17, 15) is 9.59 Å². The van der Waals surface area contributed by atoms with Crippen molar-refractivity contribution in [3.63, 3.8) is 0 Å². The molecule has 0 radical (unpaired) electrons. The van der Waals surface area contributed by atoms with Gasteiger partial charge in [-0.1, -0.05) is 30.4 Å². The van der Waals surface area contributed by atoms with Gasteiger partial charge < -0.3 is 14.4 Å². The summed E-state index contributed by atoms with van der Waals surface area (Å²) in [5.74, 6) is 0.0805. The molecule has 0 atom stereocenters. The van der Waals surface area contributed by atoms with Crippen LogP contribution in [0.15, 0.2) is 36.4 Å². The monoisotopic (exact) mass is 319 g/mol. The number of likely N-dealkylation sites (N-methyl/N-ethyl adjacent to an activating group) is 1. The van der Waals surface area contributed by atoms with Crippen LogP contribution in [0.4, 0.5) is 0 Å². The number of benzene rings is 1. The Hall–Kier alpha value is -2.30. The van der Waals surface area contributed by atoms with Crippen LogP contribution in [0.2, 0.25) is 0 Å². The summed E-state index contributed by atoms with van der Waals surface area (Å²) in [7, 11) is 0. The van der Waals surface area contributed by atoms with Gasteiger partial charge in [0.25, 0.3) is 5.91 Å². The SMILES string of the molecule is C=C(C)CN(CC)C(=O)COC(=O)CCOc1ccccc1C. The molecule has 0 unspecified atom stereocenters. The van der Waals surface area contributed by atoms with Gasteiger partial charge in [0.05, 0.1) is 13.0 Å². The second kappa shape index (κ2) is 9.66. The number of esters is 1. The fourth-order valence-corrected chi connectivity index (χ4v) is 1.97. The van der Waals surface area contributed by atoms with Gasteiger partial charge >= 0.3 is 5.97 Å². The summed E-state index contributed by atoms with van der Waals surface area (Å²) in [6.07, 6.45) is 0.105. The molecule has 1 amide bonds. The summed E-state index contributed by atoms with van der Waals surface area (Å²) >= 11 is 0. The van der Waals surface area contributed by atoms with E-state index < -0.39 is 5.97 Å². The van der Waals surface area contributed by atoms with Gasteiger partial charge in [0.2, 0.25) is 0 Å². The van der Waals surface area contributed by atoms with Gasteiger partial charge in [0.1, 0.15) is 5.75 Å². The number of hydrogen-bond acceptors (Lipinski definition) is 4. The highest BCUT2D eigenvalue weighted by molar-refractivity contribution is 5.80. The van der Waals surface area contributed by atoms with Crippen LogP contribution in [-0.2, 0) is 14.3 Å². The average Bonchev–Trinajstić information content (AvgIpc) is 2.52. The van der Waals surface area contributed by atoms with Crippen molar-refractivity contribution >= 4 is 11.9 Å². The number of para-hydroxylation sites is 1. The molecule has 0 aromatic heterocycles. The Morgan fingerprint density at radius 1 is 1.26 bits per heavy atom. The predicted octanol–water partition coefficient (Wildman–Crippen LogP) is 2.73. The third-order valence-electron chi connectivity index (χ3n) is 3.21. The van der Waals surface area contributed by atoms with E-state index in [1.807, 2.05) is 45.0 Å². The molecular formula is C18H25NO4. The van der Waals surface area contributed by atoms with Gasteiger partial charge in [-0.25, -0.2) is 0 Å². The quantitative estimate of drug-likeness (QED) is 0.519. The molecule has 0 saturated carbocycles. The molecule has 0 aliphatic rings. The Balaban J connectivity index is 2.30. The molecule has 5 nitrogen and oxygen atoms in total. The predicted molar refractivity (Wildman–Crippen MR) is 89.3 cm³/mol. The van der Waals surface area contributed by atoms with Crippen molar-refractivity contribution in [1.82, 2.24) is 4.90 Å². The maximum absolute atomic E-state index is 11.9. The van der Waals surface area contributed by atoms with Gasteiger partial charge in [-0.2, -0.15) is 0 Å². The lowest BCUT2D eigenvalue weighted by Gasteiger charge is -2.20. The summed E-state index contributed by atoms with van der Waals surface area (Å²) in [6, 6.07) is 7.58. The maximum Gasteiger partial charge on any atom is 0.309 e. The molecule has 0 bridgehead atoms. The zero-order valence-corrected chi connectivity index (χ0v) is 14.1. The Bertz CT molecular complexity index is 554. The highest BCUT2D eigenvalue weighted by atomic mass is 16.5. The normalized spacial score (nSPS) is 10.0. The summed E-state index contributed by atoms with van der Waals surface area (Å²) in [5.41, 5.74) is 1.90. The first-order chi connectivity index (χ1) is 10.9. The first-order valence-corrected chi connectivity index (χ1v) is 7.70. The Morgan fingerprint density at radius 2 is 1.96 bits per heavy atom. The molecule has 1 aromatic rings. The zero-order chi connectivity index (χ0) is 17.2. The molecule has 0 aliphatic carbocycles. The van der Waals surface area contributed by atoms with Crippen molar-refractivity contribution in [3.8, 4) is 5.75 Å². The fourth-order valence-electron chi connectivity index (χ4n) is 1.97. The lowest BCUT2D eigenvalue weighted by molar-refractivity contribution is -0.152. The van der Waals surface area contributed by atoms with E-state index in [-0.39, 0.29) is 25.5 Å². The van der Waals surface area contributed by atoms with Gasteiger partial charge in [-0.15, -0.1) is 0 Å². The van der Waals surface area contributed by atoms with Gasteiger partial charge in [-0.3, -0.25) is 9.59 Å². The number of hydrogen-bond donors (Lipinski definition) is 0. The molecular weight excluding hydrogens is 294 g/mol. The van der Waals surface area contributed by atoms with Crippen LogP contribution in [0.25, 0.3) is 0 Å².